The van der Waals surface area contributed by atoms with Gasteiger partial charge in [0.05, 0.1) is 0 Å². The highest BCUT2D eigenvalue weighted by Gasteiger charge is 2.25. The van der Waals surface area contributed by atoms with E-state index in [1.165, 1.54) is 4.90 Å². The standard InChI is InChI=1S/C15H22N2O3/c1-9(2)13(14(18)19)16-15(20)17(5)12-7-10(3)6-11(4)8-12/h6-9,13H,1-5H3,(H,16,20)(H,18,19)/t13-/m1/s1. The molecule has 1 aromatic rings. The van der Waals surface area contributed by atoms with Crippen molar-refractivity contribution in [3.63, 3.8) is 0 Å². The highest BCUT2D eigenvalue weighted by molar-refractivity contribution is 5.94. The molecule has 1 atom stereocenters. The Labute approximate surface area is 119 Å². The Balaban J connectivity index is 2.88. The van der Waals surface area contributed by atoms with Gasteiger partial charge in [-0.2, -0.15) is 0 Å². The summed E-state index contributed by atoms with van der Waals surface area (Å²) in [5.74, 6) is -1.20. The number of benzene rings is 1. The summed E-state index contributed by atoms with van der Waals surface area (Å²) in [7, 11) is 1.63. The van der Waals surface area contributed by atoms with Crippen molar-refractivity contribution in [2.24, 2.45) is 5.92 Å². The summed E-state index contributed by atoms with van der Waals surface area (Å²) in [4.78, 5) is 24.7. The maximum Gasteiger partial charge on any atom is 0.326 e. The van der Waals surface area contributed by atoms with Crippen LogP contribution in [-0.2, 0) is 4.79 Å². The van der Waals surface area contributed by atoms with E-state index in [0.717, 1.165) is 16.8 Å². The summed E-state index contributed by atoms with van der Waals surface area (Å²) in [6, 6.07) is 4.48. The van der Waals surface area contributed by atoms with Gasteiger partial charge in [-0.3, -0.25) is 4.90 Å². The lowest BCUT2D eigenvalue weighted by Gasteiger charge is -2.24. The van der Waals surface area contributed by atoms with E-state index in [1.807, 2.05) is 32.0 Å². The molecule has 0 aliphatic heterocycles. The summed E-state index contributed by atoms with van der Waals surface area (Å²) in [5.41, 5.74) is 2.85. The molecule has 0 saturated heterocycles. The lowest BCUT2D eigenvalue weighted by Crippen LogP contribution is -2.49. The zero-order valence-corrected chi connectivity index (χ0v) is 12.6. The topological polar surface area (TPSA) is 69.6 Å². The fourth-order valence-electron chi connectivity index (χ4n) is 2.00. The van der Waals surface area contributed by atoms with Gasteiger partial charge >= 0.3 is 12.0 Å². The Bertz CT molecular complexity index is 492. The van der Waals surface area contributed by atoms with Crippen LogP contribution in [0.4, 0.5) is 10.5 Å². The van der Waals surface area contributed by atoms with Crippen LogP contribution in [0, 0.1) is 19.8 Å². The summed E-state index contributed by atoms with van der Waals surface area (Å²) >= 11 is 0. The summed E-state index contributed by atoms with van der Waals surface area (Å²) in [6.07, 6.45) is 0. The smallest absolute Gasteiger partial charge is 0.326 e. The molecular weight excluding hydrogens is 256 g/mol. The molecule has 0 heterocycles. The fraction of sp³-hybridized carbons (Fsp3) is 0.467. The monoisotopic (exact) mass is 278 g/mol. The number of anilines is 1. The zero-order chi connectivity index (χ0) is 15.4. The van der Waals surface area contributed by atoms with Crippen LogP contribution < -0.4 is 10.2 Å². The van der Waals surface area contributed by atoms with Gasteiger partial charge in [0.15, 0.2) is 0 Å². The van der Waals surface area contributed by atoms with E-state index >= 15 is 0 Å². The molecule has 5 heteroatoms. The van der Waals surface area contributed by atoms with E-state index < -0.39 is 18.0 Å². The van der Waals surface area contributed by atoms with Crippen molar-refractivity contribution < 1.29 is 14.7 Å². The van der Waals surface area contributed by atoms with Crippen LogP contribution in [0.15, 0.2) is 18.2 Å². The van der Waals surface area contributed by atoms with Crippen LogP contribution >= 0.6 is 0 Å². The third-order valence-corrected chi connectivity index (χ3v) is 3.11. The molecule has 20 heavy (non-hydrogen) atoms. The number of aliphatic carboxylic acids is 1. The van der Waals surface area contributed by atoms with E-state index in [9.17, 15) is 9.59 Å². The van der Waals surface area contributed by atoms with Crippen LogP contribution in [0.2, 0.25) is 0 Å². The van der Waals surface area contributed by atoms with Crippen molar-refractivity contribution in [3.05, 3.63) is 29.3 Å². The first-order valence-corrected chi connectivity index (χ1v) is 6.57. The fourth-order valence-corrected chi connectivity index (χ4v) is 2.00. The molecule has 1 rings (SSSR count). The molecule has 110 valence electrons. The first-order valence-electron chi connectivity index (χ1n) is 6.57. The zero-order valence-electron chi connectivity index (χ0n) is 12.6. The average molecular weight is 278 g/mol. The number of hydrogen-bond donors (Lipinski definition) is 2. The maximum absolute atomic E-state index is 12.1. The van der Waals surface area contributed by atoms with Gasteiger partial charge in [0.25, 0.3) is 0 Å². The van der Waals surface area contributed by atoms with Gasteiger partial charge in [-0.05, 0) is 43.0 Å². The van der Waals surface area contributed by atoms with E-state index in [-0.39, 0.29) is 5.92 Å². The molecule has 0 unspecified atom stereocenters. The van der Waals surface area contributed by atoms with Crippen LogP contribution in [0.3, 0.4) is 0 Å². The molecule has 0 aromatic heterocycles. The van der Waals surface area contributed by atoms with Gasteiger partial charge in [0, 0.05) is 12.7 Å². The van der Waals surface area contributed by atoms with Gasteiger partial charge in [0.1, 0.15) is 6.04 Å². The van der Waals surface area contributed by atoms with Gasteiger partial charge in [0.2, 0.25) is 0 Å². The average Bonchev–Trinajstić information content (AvgIpc) is 2.32. The molecular formula is C15H22N2O3. The molecule has 0 radical (unpaired) electrons. The number of amides is 2. The Morgan fingerprint density at radius 2 is 1.65 bits per heavy atom. The summed E-state index contributed by atoms with van der Waals surface area (Å²) in [5, 5.41) is 11.6. The molecule has 0 fully saturated rings. The Morgan fingerprint density at radius 1 is 1.15 bits per heavy atom. The number of carbonyl (C=O) groups excluding carboxylic acids is 1. The molecule has 0 spiro atoms. The second-order valence-electron chi connectivity index (χ2n) is 5.41. The number of nitrogens with one attached hydrogen (secondary N) is 1. The molecule has 0 aliphatic carbocycles. The van der Waals surface area contributed by atoms with Crippen molar-refractivity contribution in [2.45, 2.75) is 33.7 Å². The quantitative estimate of drug-likeness (QED) is 0.889. The third kappa shape index (κ3) is 3.98. The van der Waals surface area contributed by atoms with Crippen LogP contribution in [0.1, 0.15) is 25.0 Å². The molecule has 5 nitrogen and oxygen atoms in total. The molecule has 2 amide bonds. The lowest BCUT2D eigenvalue weighted by molar-refractivity contribution is -0.140. The number of urea groups is 1. The first kappa shape index (κ1) is 16.0. The Hall–Kier alpha value is -2.04. The SMILES string of the molecule is Cc1cc(C)cc(N(C)C(=O)N[C@@H](C(=O)O)C(C)C)c1. The van der Waals surface area contributed by atoms with Gasteiger partial charge in [-0.15, -0.1) is 0 Å². The predicted octanol–water partition coefficient (Wildman–Crippen LogP) is 2.56. The van der Waals surface area contributed by atoms with Gasteiger partial charge in [-0.25, -0.2) is 9.59 Å². The Kier molecular flexibility index (Phi) is 5.13. The molecule has 0 bridgehead atoms. The number of carboxylic acids is 1. The normalized spacial score (nSPS) is 12.1. The van der Waals surface area contributed by atoms with E-state index in [4.69, 9.17) is 5.11 Å². The first-order chi connectivity index (χ1) is 9.22. The molecule has 0 aliphatic rings. The Morgan fingerprint density at radius 3 is 2.05 bits per heavy atom. The number of carboxylic acid groups (broad SMARTS) is 1. The predicted molar refractivity (Wildman–Crippen MR) is 79.1 cm³/mol. The maximum atomic E-state index is 12.1. The van der Waals surface area contributed by atoms with Crippen molar-refractivity contribution >= 4 is 17.7 Å². The van der Waals surface area contributed by atoms with Crippen LogP contribution in [0.5, 0.6) is 0 Å². The van der Waals surface area contributed by atoms with E-state index in [2.05, 4.69) is 5.32 Å². The molecule has 0 saturated carbocycles. The lowest BCUT2D eigenvalue weighted by atomic mass is 10.1. The second-order valence-corrected chi connectivity index (χ2v) is 5.41. The number of hydrogen-bond acceptors (Lipinski definition) is 2. The van der Waals surface area contributed by atoms with Crippen molar-refractivity contribution in [3.8, 4) is 0 Å². The van der Waals surface area contributed by atoms with Gasteiger partial charge < -0.3 is 10.4 Å². The number of carbonyl (C=O) groups is 2. The van der Waals surface area contributed by atoms with E-state index in [1.54, 1.807) is 20.9 Å². The highest BCUT2D eigenvalue weighted by atomic mass is 16.4. The highest BCUT2D eigenvalue weighted by Crippen LogP contribution is 2.18. The van der Waals surface area contributed by atoms with E-state index in [0.29, 0.717) is 0 Å². The largest absolute Gasteiger partial charge is 0.480 e. The van der Waals surface area contributed by atoms with Crippen molar-refractivity contribution in [1.29, 1.82) is 0 Å². The minimum atomic E-state index is -1.03. The van der Waals surface area contributed by atoms with Crippen LogP contribution in [0.25, 0.3) is 0 Å². The molecule has 2 N–H and O–H groups in total. The number of rotatable bonds is 4. The van der Waals surface area contributed by atoms with Crippen LogP contribution in [-0.4, -0.2) is 30.2 Å². The number of aryl methyl sites for hydroxylation is 2. The summed E-state index contributed by atoms with van der Waals surface area (Å²) in [6.45, 7) is 7.43. The van der Waals surface area contributed by atoms with Gasteiger partial charge in [-0.1, -0.05) is 19.9 Å². The minimum Gasteiger partial charge on any atom is -0.480 e. The second kappa shape index (κ2) is 6.41. The van der Waals surface area contributed by atoms with Crippen molar-refractivity contribution in [2.75, 3.05) is 11.9 Å². The summed E-state index contributed by atoms with van der Waals surface area (Å²) < 4.78 is 0. The minimum absolute atomic E-state index is 0.177. The number of nitrogens with zero attached hydrogens (tertiary/aromatic N) is 1. The third-order valence-electron chi connectivity index (χ3n) is 3.11. The molecule has 1 aromatic carbocycles. The van der Waals surface area contributed by atoms with Crippen molar-refractivity contribution in [1.82, 2.24) is 5.32 Å².